The molecule has 2 nitrogen and oxygen atoms in total. The quantitative estimate of drug-likeness (QED) is 0.573. The second kappa shape index (κ2) is 6.58. The summed E-state index contributed by atoms with van der Waals surface area (Å²) in [5.74, 6) is -3.22. The predicted molar refractivity (Wildman–Crippen MR) is 82.4 cm³/mol. The van der Waals surface area contributed by atoms with Crippen LogP contribution in [-0.4, -0.2) is 13.7 Å². The molecule has 0 atom stereocenters. The maximum atomic E-state index is 14.2. The zero-order chi connectivity index (χ0) is 18.1. The molecule has 0 N–H and O–H groups in total. The van der Waals surface area contributed by atoms with Crippen LogP contribution < -0.4 is 9.47 Å². The van der Waals surface area contributed by atoms with Gasteiger partial charge < -0.3 is 9.47 Å². The molecule has 0 aliphatic carbocycles. The van der Waals surface area contributed by atoms with Gasteiger partial charge >= 0.3 is 6.61 Å². The van der Waals surface area contributed by atoms with Crippen molar-refractivity contribution in [2.75, 3.05) is 7.11 Å². The Bertz CT molecular complexity index is 917. The van der Waals surface area contributed by atoms with Gasteiger partial charge in [-0.1, -0.05) is 18.2 Å². The average molecular weight is 354 g/mol. The minimum Gasteiger partial charge on any atom is -0.497 e. The summed E-state index contributed by atoms with van der Waals surface area (Å²) >= 11 is 0. The molecule has 3 aromatic carbocycles. The van der Waals surface area contributed by atoms with E-state index in [0.717, 1.165) is 18.2 Å². The molecule has 7 heteroatoms. The molecule has 0 saturated carbocycles. The standard InChI is InChI=1S/C18H11F5O2/c1-24-11-7-13(19)16(14(20)8-11)10-2-4-12-9(6-10)3-5-15(17(12)21)25-18(22)23/h2-8,18H,1H3. The van der Waals surface area contributed by atoms with Gasteiger partial charge in [0.15, 0.2) is 11.6 Å². The van der Waals surface area contributed by atoms with Crippen LogP contribution in [0.4, 0.5) is 22.0 Å². The predicted octanol–water partition coefficient (Wildman–Crippen LogP) is 5.53. The van der Waals surface area contributed by atoms with Crippen LogP contribution in [0.1, 0.15) is 0 Å². The summed E-state index contributed by atoms with van der Waals surface area (Å²) < 4.78 is 75.9. The molecule has 0 unspecified atom stereocenters. The fourth-order valence-corrected chi connectivity index (χ4v) is 2.56. The van der Waals surface area contributed by atoms with Crippen molar-refractivity contribution in [3.63, 3.8) is 0 Å². The van der Waals surface area contributed by atoms with E-state index in [1.165, 1.54) is 31.4 Å². The summed E-state index contributed by atoms with van der Waals surface area (Å²) in [5, 5.41) is 0.280. The monoisotopic (exact) mass is 354 g/mol. The van der Waals surface area contributed by atoms with E-state index in [2.05, 4.69) is 4.74 Å². The summed E-state index contributed by atoms with van der Waals surface area (Å²) in [5.41, 5.74) is -0.122. The minimum absolute atomic E-state index is 0.00349. The van der Waals surface area contributed by atoms with Crippen molar-refractivity contribution in [1.29, 1.82) is 0 Å². The topological polar surface area (TPSA) is 18.5 Å². The lowest BCUT2D eigenvalue weighted by molar-refractivity contribution is -0.0520. The second-order valence-electron chi connectivity index (χ2n) is 5.16. The van der Waals surface area contributed by atoms with Crippen LogP contribution in [0, 0.1) is 17.5 Å². The molecule has 0 spiro atoms. The highest BCUT2D eigenvalue weighted by atomic mass is 19.3. The van der Waals surface area contributed by atoms with Gasteiger partial charge in [0.1, 0.15) is 17.4 Å². The third-order valence-corrected chi connectivity index (χ3v) is 3.67. The Hall–Kier alpha value is -2.83. The Balaban J connectivity index is 2.11. The number of benzene rings is 3. The molecule has 3 rings (SSSR count). The van der Waals surface area contributed by atoms with E-state index in [0.29, 0.717) is 0 Å². The maximum absolute atomic E-state index is 14.2. The Morgan fingerprint density at radius 1 is 0.880 bits per heavy atom. The molecule has 130 valence electrons. The molecule has 0 radical (unpaired) electrons. The fourth-order valence-electron chi connectivity index (χ4n) is 2.56. The van der Waals surface area contributed by atoms with Crippen molar-refractivity contribution in [1.82, 2.24) is 0 Å². The Kier molecular flexibility index (Phi) is 4.48. The zero-order valence-electron chi connectivity index (χ0n) is 12.8. The lowest BCUT2D eigenvalue weighted by Crippen LogP contribution is -2.03. The zero-order valence-corrected chi connectivity index (χ0v) is 12.8. The third kappa shape index (κ3) is 3.22. The van der Waals surface area contributed by atoms with Gasteiger partial charge in [-0.15, -0.1) is 0 Å². The van der Waals surface area contributed by atoms with Crippen LogP contribution >= 0.6 is 0 Å². The molecule has 3 aromatic rings. The van der Waals surface area contributed by atoms with Crippen LogP contribution in [0.3, 0.4) is 0 Å². The van der Waals surface area contributed by atoms with Gasteiger partial charge in [0.2, 0.25) is 0 Å². The Labute approximate surface area is 139 Å². The average Bonchev–Trinajstić information content (AvgIpc) is 2.56. The van der Waals surface area contributed by atoms with Crippen LogP contribution in [0.2, 0.25) is 0 Å². The van der Waals surface area contributed by atoms with E-state index in [-0.39, 0.29) is 27.6 Å². The number of methoxy groups -OCH3 is 1. The summed E-state index contributed by atoms with van der Waals surface area (Å²) in [6, 6.07) is 8.34. The van der Waals surface area contributed by atoms with Crippen molar-refractivity contribution in [3.8, 4) is 22.6 Å². The van der Waals surface area contributed by atoms with Gasteiger partial charge in [-0.25, -0.2) is 13.2 Å². The molecule has 0 aliphatic rings. The molecule has 0 heterocycles. The number of hydrogen-bond acceptors (Lipinski definition) is 2. The van der Waals surface area contributed by atoms with Crippen LogP contribution in [0.15, 0.2) is 42.5 Å². The highest BCUT2D eigenvalue weighted by Crippen LogP contribution is 2.34. The Morgan fingerprint density at radius 2 is 1.56 bits per heavy atom. The van der Waals surface area contributed by atoms with Gasteiger partial charge in [-0.3, -0.25) is 0 Å². The first-order valence-electron chi connectivity index (χ1n) is 7.11. The summed E-state index contributed by atoms with van der Waals surface area (Å²) in [7, 11) is 1.28. The van der Waals surface area contributed by atoms with E-state index in [9.17, 15) is 22.0 Å². The van der Waals surface area contributed by atoms with Crippen molar-refractivity contribution < 1.29 is 31.4 Å². The fraction of sp³-hybridized carbons (Fsp3) is 0.111. The lowest BCUT2D eigenvalue weighted by Gasteiger charge is -2.11. The Morgan fingerprint density at radius 3 is 2.16 bits per heavy atom. The molecule has 0 saturated heterocycles. The van der Waals surface area contributed by atoms with Gasteiger partial charge in [0, 0.05) is 17.5 Å². The minimum atomic E-state index is -3.16. The largest absolute Gasteiger partial charge is 0.497 e. The molecule has 0 fully saturated rings. The number of ether oxygens (including phenoxy) is 2. The molecular weight excluding hydrogens is 343 g/mol. The summed E-state index contributed by atoms with van der Waals surface area (Å²) in [6.45, 7) is -3.16. The van der Waals surface area contributed by atoms with E-state index in [1.807, 2.05) is 0 Å². The lowest BCUT2D eigenvalue weighted by atomic mass is 9.99. The highest BCUT2D eigenvalue weighted by Gasteiger charge is 2.17. The molecular formula is C18H11F5O2. The van der Waals surface area contributed by atoms with Gasteiger partial charge in [-0.2, -0.15) is 8.78 Å². The van der Waals surface area contributed by atoms with E-state index >= 15 is 0 Å². The number of rotatable bonds is 4. The SMILES string of the molecule is COc1cc(F)c(-c2ccc3c(F)c(OC(F)F)ccc3c2)c(F)c1. The molecule has 0 aromatic heterocycles. The first kappa shape index (κ1) is 17.0. The normalized spacial score (nSPS) is 11.2. The first-order chi connectivity index (χ1) is 11.9. The number of hydrogen-bond donors (Lipinski definition) is 0. The van der Waals surface area contributed by atoms with Gasteiger partial charge in [0.05, 0.1) is 12.7 Å². The van der Waals surface area contributed by atoms with Gasteiger partial charge in [0.25, 0.3) is 0 Å². The van der Waals surface area contributed by atoms with E-state index in [1.54, 1.807) is 0 Å². The molecule has 0 bridgehead atoms. The third-order valence-electron chi connectivity index (χ3n) is 3.67. The van der Waals surface area contributed by atoms with Crippen molar-refractivity contribution >= 4 is 10.8 Å². The number of halogens is 5. The van der Waals surface area contributed by atoms with Crippen LogP contribution in [-0.2, 0) is 0 Å². The van der Waals surface area contributed by atoms with Crippen LogP contribution in [0.5, 0.6) is 11.5 Å². The highest BCUT2D eigenvalue weighted by molar-refractivity contribution is 5.89. The van der Waals surface area contributed by atoms with Crippen molar-refractivity contribution in [2.24, 2.45) is 0 Å². The molecule has 0 aliphatic heterocycles. The first-order valence-corrected chi connectivity index (χ1v) is 7.11. The molecule has 25 heavy (non-hydrogen) atoms. The van der Waals surface area contributed by atoms with E-state index < -0.39 is 29.8 Å². The number of fused-ring (bicyclic) bond motifs is 1. The molecule has 0 amide bonds. The summed E-state index contributed by atoms with van der Waals surface area (Å²) in [4.78, 5) is 0. The van der Waals surface area contributed by atoms with Crippen molar-refractivity contribution in [3.05, 3.63) is 59.9 Å². The smallest absolute Gasteiger partial charge is 0.387 e. The van der Waals surface area contributed by atoms with Crippen molar-refractivity contribution in [2.45, 2.75) is 6.61 Å². The second-order valence-corrected chi connectivity index (χ2v) is 5.16. The maximum Gasteiger partial charge on any atom is 0.387 e. The summed E-state index contributed by atoms with van der Waals surface area (Å²) in [6.07, 6.45) is 0. The van der Waals surface area contributed by atoms with Gasteiger partial charge in [-0.05, 0) is 23.1 Å². The van der Waals surface area contributed by atoms with E-state index in [4.69, 9.17) is 4.74 Å². The number of alkyl halides is 2. The van der Waals surface area contributed by atoms with Crippen LogP contribution in [0.25, 0.3) is 21.9 Å².